The van der Waals surface area contributed by atoms with Gasteiger partial charge in [-0.1, -0.05) is 23.7 Å². The fourth-order valence-corrected chi connectivity index (χ4v) is 3.36. The second kappa shape index (κ2) is 9.99. The Kier molecular flexibility index (Phi) is 7.98. The molecule has 1 saturated heterocycles. The number of rotatable bonds is 5. The lowest BCUT2D eigenvalue weighted by atomic mass is 10.1. The molecule has 1 aromatic carbocycles. The van der Waals surface area contributed by atoms with Crippen molar-refractivity contribution < 1.29 is 9.18 Å². The molecular weight excluding hydrogens is 390 g/mol. The van der Waals surface area contributed by atoms with E-state index in [1.165, 1.54) is 11.0 Å². The lowest BCUT2D eigenvalue weighted by molar-refractivity contribution is -0.132. The summed E-state index contributed by atoms with van der Waals surface area (Å²) in [5, 5.41) is 3.69. The zero-order valence-electron chi connectivity index (χ0n) is 15.1. The maximum atomic E-state index is 14.0. The van der Waals surface area contributed by atoms with Crippen LogP contribution >= 0.6 is 24.0 Å². The molecule has 2 aromatic rings. The van der Waals surface area contributed by atoms with Crippen LogP contribution in [0, 0.1) is 5.82 Å². The first-order valence-corrected chi connectivity index (χ1v) is 8.95. The zero-order valence-corrected chi connectivity index (χ0v) is 16.6. The number of pyridine rings is 1. The minimum absolute atomic E-state index is 0. The molecular formula is C19H23Cl2FN4O. The summed E-state index contributed by atoms with van der Waals surface area (Å²) in [5.74, 6) is -0.465. The van der Waals surface area contributed by atoms with E-state index in [0.29, 0.717) is 10.6 Å². The molecule has 1 N–H and O–H groups in total. The minimum atomic E-state index is -0.396. The van der Waals surface area contributed by atoms with Crippen LogP contribution in [0.1, 0.15) is 17.2 Å². The van der Waals surface area contributed by atoms with Gasteiger partial charge in [0.15, 0.2) is 0 Å². The highest BCUT2D eigenvalue weighted by atomic mass is 35.5. The van der Waals surface area contributed by atoms with E-state index < -0.39 is 5.82 Å². The van der Waals surface area contributed by atoms with Gasteiger partial charge in [-0.25, -0.2) is 4.39 Å². The number of hydrogen-bond donors (Lipinski definition) is 1. The standard InChI is InChI=1S/C19H22ClFN4O.ClH/c1-24(12-15-16(20)5-2-6-17(15)21)19(26)13-25-9-8-23-11-18(25)14-4-3-7-22-10-14;/h2-7,10,18,23H,8-9,11-13H2,1H3;1H. The Balaban J connectivity index is 0.00000261. The van der Waals surface area contributed by atoms with E-state index in [0.717, 1.165) is 25.2 Å². The van der Waals surface area contributed by atoms with Gasteiger partial charge in [-0.3, -0.25) is 14.7 Å². The maximum absolute atomic E-state index is 14.0. The molecule has 146 valence electrons. The molecule has 0 spiro atoms. The third kappa shape index (κ3) is 5.39. The third-order valence-corrected chi connectivity index (χ3v) is 5.00. The molecule has 8 heteroatoms. The summed E-state index contributed by atoms with van der Waals surface area (Å²) in [6.07, 6.45) is 3.57. The predicted molar refractivity (Wildman–Crippen MR) is 107 cm³/mol. The monoisotopic (exact) mass is 412 g/mol. The molecule has 1 fully saturated rings. The highest BCUT2D eigenvalue weighted by Crippen LogP contribution is 2.23. The highest BCUT2D eigenvalue weighted by Gasteiger charge is 2.27. The van der Waals surface area contributed by atoms with Crippen molar-refractivity contribution in [3.8, 4) is 0 Å². The summed E-state index contributed by atoms with van der Waals surface area (Å²) in [5.41, 5.74) is 1.42. The number of likely N-dealkylation sites (N-methyl/N-ethyl adjacent to an activating group) is 1. The molecule has 0 radical (unpaired) electrons. The van der Waals surface area contributed by atoms with Crippen molar-refractivity contribution >= 4 is 29.9 Å². The molecule has 1 aliphatic rings. The van der Waals surface area contributed by atoms with Crippen LogP contribution in [-0.2, 0) is 11.3 Å². The Labute approximate surface area is 169 Å². The maximum Gasteiger partial charge on any atom is 0.236 e. The first kappa shape index (κ1) is 21.6. The zero-order chi connectivity index (χ0) is 18.5. The van der Waals surface area contributed by atoms with Crippen molar-refractivity contribution in [3.63, 3.8) is 0 Å². The number of benzene rings is 1. The van der Waals surface area contributed by atoms with Gasteiger partial charge in [0.25, 0.3) is 0 Å². The topological polar surface area (TPSA) is 48.5 Å². The first-order chi connectivity index (χ1) is 12.6. The van der Waals surface area contributed by atoms with Crippen molar-refractivity contribution in [2.75, 3.05) is 33.2 Å². The van der Waals surface area contributed by atoms with Crippen LogP contribution in [0.15, 0.2) is 42.7 Å². The van der Waals surface area contributed by atoms with Gasteiger partial charge < -0.3 is 10.2 Å². The Morgan fingerprint density at radius 1 is 1.41 bits per heavy atom. The summed E-state index contributed by atoms with van der Waals surface area (Å²) in [6.45, 7) is 2.77. The minimum Gasteiger partial charge on any atom is -0.340 e. The summed E-state index contributed by atoms with van der Waals surface area (Å²) < 4.78 is 14.0. The van der Waals surface area contributed by atoms with E-state index in [1.807, 2.05) is 18.3 Å². The van der Waals surface area contributed by atoms with Gasteiger partial charge in [0, 0.05) is 62.2 Å². The number of piperazine rings is 1. The van der Waals surface area contributed by atoms with E-state index in [1.54, 1.807) is 25.4 Å². The summed E-state index contributed by atoms with van der Waals surface area (Å²) in [6, 6.07) is 8.55. The molecule has 27 heavy (non-hydrogen) atoms. The van der Waals surface area contributed by atoms with Gasteiger partial charge in [-0.2, -0.15) is 0 Å². The SMILES string of the molecule is CN(Cc1c(F)cccc1Cl)C(=O)CN1CCNCC1c1cccnc1.Cl. The van der Waals surface area contributed by atoms with Crippen LogP contribution < -0.4 is 5.32 Å². The number of nitrogens with zero attached hydrogens (tertiary/aromatic N) is 3. The number of nitrogens with one attached hydrogen (secondary N) is 1. The Bertz CT molecular complexity index is 742. The van der Waals surface area contributed by atoms with Crippen LogP contribution in [0.4, 0.5) is 4.39 Å². The first-order valence-electron chi connectivity index (χ1n) is 8.58. The molecule has 0 bridgehead atoms. The molecule has 1 atom stereocenters. The molecule has 0 saturated carbocycles. The fraction of sp³-hybridized carbons (Fsp3) is 0.368. The lowest BCUT2D eigenvalue weighted by Gasteiger charge is -2.36. The molecule has 3 rings (SSSR count). The Morgan fingerprint density at radius 2 is 2.22 bits per heavy atom. The number of amides is 1. The molecule has 5 nitrogen and oxygen atoms in total. The predicted octanol–water partition coefficient (Wildman–Crippen LogP) is 2.90. The van der Waals surface area contributed by atoms with Crippen molar-refractivity contribution in [1.29, 1.82) is 0 Å². The average molecular weight is 413 g/mol. The van der Waals surface area contributed by atoms with E-state index in [4.69, 9.17) is 11.6 Å². The fourth-order valence-electron chi connectivity index (χ4n) is 3.14. The number of hydrogen-bond acceptors (Lipinski definition) is 4. The molecule has 0 aliphatic carbocycles. The van der Waals surface area contributed by atoms with E-state index in [-0.39, 0.29) is 37.4 Å². The normalized spacial score (nSPS) is 17.2. The van der Waals surface area contributed by atoms with E-state index >= 15 is 0 Å². The molecule has 1 amide bonds. The molecule has 1 unspecified atom stereocenters. The Morgan fingerprint density at radius 3 is 2.93 bits per heavy atom. The van der Waals surface area contributed by atoms with Gasteiger partial charge >= 0.3 is 0 Å². The highest BCUT2D eigenvalue weighted by molar-refractivity contribution is 6.31. The average Bonchev–Trinajstić information content (AvgIpc) is 2.66. The van der Waals surface area contributed by atoms with Crippen molar-refractivity contribution in [3.05, 3.63) is 64.7 Å². The van der Waals surface area contributed by atoms with Gasteiger partial charge in [-0.15, -0.1) is 12.4 Å². The van der Waals surface area contributed by atoms with E-state index in [2.05, 4.69) is 15.2 Å². The second-order valence-electron chi connectivity index (χ2n) is 6.43. The number of aromatic nitrogens is 1. The van der Waals surface area contributed by atoms with Gasteiger partial charge in [0.05, 0.1) is 6.54 Å². The largest absolute Gasteiger partial charge is 0.340 e. The van der Waals surface area contributed by atoms with Crippen molar-refractivity contribution in [1.82, 2.24) is 20.1 Å². The van der Waals surface area contributed by atoms with Gasteiger partial charge in [0.1, 0.15) is 5.82 Å². The lowest BCUT2D eigenvalue weighted by Crippen LogP contribution is -2.49. The van der Waals surface area contributed by atoms with Gasteiger partial charge in [-0.05, 0) is 23.8 Å². The summed E-state index contributed by atoms with van der Waals surface area (Å²) in [7, 11) is 1.67. The van der Waals surface area contributed by atoms with Gasteiger partial charge in [0.2, 0.25) is 5.91 Å². The summed E-state index contributed by atoms with van der Waals surface area (Å²) in [4.78, 5) is 20.5. The molecule has 2 heterocycles. The van der Waals surface area contributed by atoms with Crippen LogP contribution in [-0.4, -0.2) is 53.9 Å². The molecule has 1 aliphatic heterocycles. The smallest absolute Gasteiger partial charge is 0.236 e. The number of halogens is 3. The van der Waals surface area contributed by atoms with E-state index in [9.17, 15) is 9.18 Å². The second-order valence-corrected chi connectivity index (χ2v) is 6.83. The Hall–Kier alpha value is -1.73. The third-order valence-electron chi connectivity index (χ3n) is 4.64. The quantitative estimate of drug-likeness (QED) is 0.819. The van der Waals surface area contributed by atoms with Crippen LogP contribution in [0.5, 0.6) is 0 Å². The van der Waals surface area contributed by atoms with Crippen LogP contribution in [0.3, 0.4) is 0 Å². The molecule has 1 aromatic heterocycles. The number of carbonyl (C=O) groups is 1. The van der Waals surface area contributed by atoms with Crippen LogP contribution in [0.2, 0.25) is 5.02 Å². The van der Waals surface area contributed by atoms with Crippen molar-refractivity contribution in [2.24, 2.45) is 0 Å². The van der Waals surface area contributed by atoms with Crippen molar-refractivity contribution in [2.45, 2.75) is 12.6 Å². The number of carbonyl (C=O) groups excluding carboxylic acids is 1. The van der Waals surface area contributed by atoms with Crippen LogP contribution in [0.25, 0.3) is 0 Å². The summed E-state index contributed by atoms with van der Waals surface area (Å²) >= 11 is 6.07.